The Labute approximate surface area is 68.8 Å². The average molecular weight is 151 g/mol. The van der Waals surface area contributed by atoms with Crippen molar-refractivity contribution in [2.45, 2.75) is 40.0 Å². The first-order valence-electron chi connectivity index (χ1n) is 4.33. The minimum Gasteiger partial charge on any atom is -0.364 e. The van der Waals surface area contributed by atoms with Crippen LogP contribution in [0.4, 0.5) is 0 Å². The Morgan fingerprint density at radius 2 is 2.09 bits per heavy atom. The number of H-pyrrole nitrogens is 1. The van der Waals surface area contributed by atoms with E-state index in [0.717, 1.165) is 6.42 Å². The summed E-state index contributed by atoms with van der Waals surface area (Å²) in [5.41, 5.74) is 4.29. The number of aromatic nitrogens is 1. The van der Waals surface area contributed by atoms with Crippen molar-refractivity contribution >= 4 is 0 Å². The molecule has 0 spiro atoms. The van der Waals surface area contributed by atoms with Crippen LogP contribution in [0.25, 0.3) is 0 Å². The Morgan fingerprint density at radius 3 is 2.36 bits per heavy atom. The molecule has 0 aromatic carbocycles. The highest BCUT2D eigenvalue weighted by Gasteiger charge is 2.07. The Bertz CT molecular complexity index is 233. The number of aromatic amines is 1. The van der Waals surface area contributed by atoms with Gasteiger partial charge in [-0.1, -0.05) is 20.8 Å². The first kappa shape index (κ1) is 8.38. The molecule has 1 rings (SSSR count). The van der Waals surface area contributed by atoms with Gasteiger partial charge in [0.15, 0.2) is 0 Å². The molecule has 1 N–H and O–H groups in total. The van der Waals surface area contributed by atoms with Crippen molar-refractivity contribution in [2.24, 2.45) is 0 Å². The molecule has 0 aliphatic rings. The summed E-state index contributed by atoms with van der Waals surface area (Å²) in [7, 11) is 0. The molecule has 62 valence electrons. The van der Waals surface area contributed by atoms with Gasteiger partial charge in [0.05, 0.1) is 0 Å². The number of rotatable bonds is 2. The summed E-state index contributed by atoms with van der Waals surface area (Å²) in [5, 5.41) is 0. The van der Waals surface area contributed by atoms with Crippen molar-refractivity contribution in [1.82, 2.24) is 4.98 Å². The van der Waals surface area contributed by atoms with E-state index in [1.54, 1.807) is 0 Å². The second-order valence-electron chi connectivity index (χ2n) is 3.36. The Balaban J connectivity index is 3.00. The largest absolute Gasteiger partial charge is 0.364 e. The number of hydrogen-bond donors (Lipinski definition) is 1. The lowest BCUT2D eigenvalue weighted by atomic mass is 10.0. The normalized spacial score (nSPS) is 11.0. The van der Waals surface area contributed by atoms with E-state index >= 15 is 0 Å². The van der Waals surface area contributed by atoms with Crippen LogP contribution in [-0.2, 0) is 6.42 Å². The van der Waals surface area contributed by atoms with Crippen molar-refractivity contribution in [1.29, 1.82) is 0 Å². The maximum Gasteiger partial charge on any atom is 0.0177 e. The van der Waals surface area contributed by atoms with E-state index in [4.69, 9.17) is 0 Å². The lowest BCUT2D eigenvalue weighted by molar-refractivity contribution is 0.859. The van der Waals surface area contributed by atoms with Crippen molar-refractivity contribution in [3.63, 3.8) is 0 Å². The van der Waals surface area contributed by atoms with Crippen molar-refractivity contribution < 1.29 is 0 Å². The molecule has 0 aliphatic heterocycles. The predicted octanol–water partition coefficient (Wildman–Crippen LogP) is 3.01. The molecule has 1 nitrogen and oxygen atoms in total. The predicted molar refractivity (Wildman–Crippen MR) is 49.0 cm³/mol. The molecule has 0 amide bonds. The first-order valence-corrected chi connectivity index (χ1v) is 4.33. The van der Waals surface area contributed by atoms with Gasteiger partial charge in [-0.3, -0.25) is 0 Å². The summed E-state index contributed by atoms with van der Waals surface area (Å²) < 4.78 is 0. The van der Waals surface area contributed by atoms with Crippen LogP contribution in [0.2, 0.25) is 0 Å². The summed E-state index contributed by atoms with van der Waals surface area (Å²) in [5.74, 6) is 0.645. The lowest BCUT2D eigenvalue weighted by Gasteiger charge is -2.03. The molecule has 1 heteroatoms. The van der Waals surface area contributed by atoms with E-state index < -0.39 is 0 Å². The van der Waals surface area contributed by atoms with Crippen LogP contribution in [0.1, 0.15) is 43.5 Å². The van der Waals surface area contributed by atoms with Crippen molar-refractivity contribution in [2.75, 3.05) is 0 Å². The molecule has 0 unspecified atom stereocenters. The molecule has 11 heavy (non-hydrogen) atoms. The van der Waals surface area contributed by atoms with E-state index in [2.05, 4.69) is 38.9 Å². The molecule has 0 saturated carbocycles. The summed E-state index contributed by atoms with van der Waals surface area (Å²) in [6.07, 6.45) is 3.25. The summed E-state index contributed by atoms with van der Waals surface area (Å²) in [6.45, 7) is 8.85. The zero-order chi connectivity index (χ0) is 8.43. The van der Waals surface area contributed by atoms with Gasteiger partial charge >= 0.3 is 0 Å². The zero-order valence-electron chi connectivity index (χ0n) is 7.86. The highest BCUT2D eigenvalue weighted by Crippen LogP contribution is 2.21. The molecule has 1 aromatic heterocycles. The molecule has 0 radical (unpaired) electrons. The van der Waals surface area contributed by atoms with E-state index in [-0.39, 0.29) is 0 Å². The minimum absolute atomic E-state index is 0.645. The third kappa shape index (κ3) is 1.47. The molecular weight excluding hydrogens is 134 g/mol. The van der Waals surface area contributed by atoms with Crippen LogP contribution < -0.4 is 0 Å². The fraction of sp³-hybridized carbons (Fsp3) is 0.600. The third-order valence-corrected chi connectivity index (χ3v) is 2.26. The fourth-order valence-corrected chi connectivity index (χ4v) is 1.52. The van der Waals surface area contributed by atoms with E-state index in [1.807, 2.05) is 0 Å². The van der Waals surface area contributed by atoms with Gasteiger partial charge in [-0.05, 0) is 30.4 Å². The van der Waals surface area contributed by atoms with Crippen LogP contribution in [-0.4, -0.2) is 4.98 Å². The number of hydrogen-bond acceptors (Lipinski definition) is 0. The second-order valence-corrected chi connectivity index (χ2v) is 3.36. The van der Waals surface area contributed by atoms with Gasteiger partial charge in [-0.25, -0.2) is 0 Å². The van der Waals surface area contributed by atoms with E-state index in [9.17, 15) is 0 Å². The Morgan fingerprint density at radius 1 is 1.45 bits per heavy atom. The zero-order valence-corrected chi connectivity index (χ0v) is 7.86. The van der Waals surface area contributed by atoms with Gasteiger partial charge in [0.1, 0.15) is 0 Å². The van der Waals surface area contributed by atoms with Gasteiger partial charge in [0.2, 0.25) is 0 Å². The smallest absolute Gasteiger partial charge is 0.0177 e. The minimum atomic E-state index is 0.645. The standard InChI is InChI=1S/C10H17N/c1-5-10-8(4)9(6-11-10)7(2)3/h6-7,11H,5H2,1-4H3. The first-order chi connectivity index (χ1) is 5.16. The van der Waals surface area contributed by atoms with Crippen LogP contribution in [0, 0.1) is 6.92 Å². The Kier molecular flexibility index (Phi) is 2.38. The molecule has 0 aliphatic carbocycles. The van der Waals surface area contributed by atoms with Gasteiger partial charge in [0, 0.05) is 11.9 Å². The van der Waals surface area contributed by atoms with Gasteiger partial charge in [-0.15, -0.1) is 0 Å². The van der Waals surface area contributed by atoms with Crippen LogP contribution >= 0.6 is 0 Å². The number of aryl methyl sites for hydroxylation is 1. The van der Waals surface area contributed by atoms with E-state index in [0.29, 0.717) is 5.92 Å². The van der Waals surface area contributed by atoms with Gasteiger partial charge in [0.25, 0.3) is 0 Å². The van der Waals surface area contributed by atoms with E-state index in [1.165, 1.54) is 16.8 Å². The highest BCUT2D eigenvalue weighted by molar-refractivity contribution is 5.31. The monoisotopic (exact) mass is 151 g/mol. The molecule has 0 bridgehead atoms. The fourth-order valence-electron chi connectivity index (χ4n) is 1.52. The van der Waals surface area contributed by atoms with Crippen LogP contribution in [0.15, 0.2) is 6.20 Å². The summed E-state index contributed by atoms with van der Waals surface area (Å²) in [6, 6.07) is 0. The Hall–Kier alpha value is -0.720. The SMILES string of the molecule is CCc1[nH]cc(C(C)C)c1C. The second kappa shape index (κ2) is 3.12. The molecule has 0 atom stereocenters. The van der Waals surface area contributed by atoms with Gasteiger partial charge in [-0.2, -0.15) is 0 Å². The maximum atomic E-state index is 3.31. The number of nitrogens with one attached hydrogen (secondary N) is 1. The van der Waals surface area contributed by atoms with Crippen LogP contribution in [0.3, 0.4) is 0 Å². The van der Waals surface area contributed by atoms with Crippen molar-refractivity contribution in [3.05, 3.63) is 23.0 Å². The molecule has 0 saturated heterocycles. The molecule has 1 aromatic rings. The molecular formula is C10H17N. The topological polar surface area (TPSA) is 15.8 Å². The lowest BCUT2D eigenvalue weighted by Crippen LogP contribution is -1.88. The van der Waals surface area contributed by atoms with Crippen molar-refractivity contribution in [3.8, 4) is 0 Å². The molecule has 0 fully saturated rings. The van der Waals surface area contributed by atoms with Gasteiger partial charge < -0.3 is 4.98 Å². The third-order valence-electron chi connectivity index (χ3n) is 2.26. The maximum absolute atomic E-state index is 3.31. The summed E-state index contributed by atoms with van der Waals surface area (Å²) in [4.78, 5) is 3.31. The van der Waals surface area contributed by atoms with Crippen LogP contribution in [0.5, 0.6) is 0 Å². The molecule has 1 heterocycles. The quantitative estimate of drug-likeness (QED) is 0.668. The summed E-state index contributed by atoms with van der Waals surface area (Å²) >= 11 is 0. The average Bonchev–Trinajstić information content (AvgIpc) is 2.30. The highest BCUT2D eigenvalue weighted by atomic mass is 14.7.